The van der Waals surface area contributed by atoms with Gasteiger partial charge in [-0.05, 0) is 29.8 Å². The Kier molecular flexibility index (Phi) is 4.03. The van der Waals surface area contributed by atoms with Gasteiger partial charge in [0.2, 0.25) is 0 Å². The fourth-order valence-corrected chi connectivity index (χ4v) is 1.79. The van der Waals surface area contributed by atoms with Crippen molar-refractivity contribution in [3.05, 3.63) is 59.7 Å². The Morgan fingerprint density at radius 3 is 2.47 bits per heavy atom. The molecule has 0 unspecified atom stereocenters. The van der Waals surface area contributed by atoms with Gasteiger partial charge in [0.15, 0.2) is 0 Å². The van der Waals surface area contributed by atoms with Gasteiger partial charge in [0.1, 0.15) is 5.75 Å². The van der Waals surface area contributed by atoms with E-state index in [4.69, 9.17) is 10.5 Å². The van der Waals surface area contributed by atoms with E-state index in [1.165, 1.54) is 0 Å². The van der Waals surface area contributed by atoms with Crippen LogP contribution in [0.1, 0.15) is 15.9 Å². The predicted octanol–water partition coefficient (Wildman–Crippen LogP) is 2.41. The summed E-state index contributed by atoms with van der Waals surface area (Å²) < 4.78 is 5.10. The first-order chi connectivity index (χ1) is 9.20. The number of benzene rings is 2. The molecule has 3 N–H and O–H groups in total. The molecule has 4 heteroatoms. The molecule has 0 fully saturated rings. The van der Waals surface area contributed by atoms with Crippen LogP contribution in [-0.2, 0) is 6.54 Å². The predicted molar refractivity (Wildman–Crippen MR) is 75.3 cm³/mol. The molecule has 0 saturated heterocycles. The van der Waals surface area contributed by atoms with E-state index in [1.807, 2.05) is 36.4 Å². The van der Waals surface area contributed by atoms with Crippen LogP contribution in [0.3, 0.4) is 0 Å². The number of carbonyl (C=O) groups is 1. The highest BCUT2D eigenvalue weighted by Crippen LogP contribution is 2.17. The Hall–Kier alpha value is -2.49. The van der Waals surface area contributed by atoms with Gasteiger partial charge in [-0.15, -0.1) is 0 Å². The van der Waals surface area contributed by atoms with Crippen LogP contribution in [0.4, 0.5) is 5.69 Å². The monoisotopic (exact) mass is 256 g/mol. The molecular weight excluding hydrogens is 240 g/mol. The van der Waals surface area contributed by atoms with Crippen LogP contribution in [-0.4, -0.2) is 13.0 Å². The number of hydrogen-bond donors (Lipinski definition) is 2. The lowest BCUT2D eigenvalue weighted by Gasteiger charge is -2.10. The summed E-state index contributed by atoms with van der Waals surface area (Å²) >= 11 is 0. The molecule has 2 aromatic rings. The lowest BCUT2D eigenvalue weighted by molar-refractivity contribution is 0.100. The topological polar surface area (TPSA) is 64.3 Å². The molecule has 0 heterocycles. The summed E-state index contributed by atoms with van der Waals surface area (Å²) in [6.07, 6.45) is 0. The molecule has 0 spiro atoms. The minimum Gasteiger partial charge on any atom is -0.497 e. The maximum atomic E-state index is 11.3. The van der Waals surface area contributed by atoms with Gasteiger partial charge in [0.05, 0.1) is 12.7 Å². The number of nitrogens with two attached hydrogens (primary N) is 1. The maximum Gasteiger partial charge on any atom is 0.250 e. The van der Waals surface area contributed by atoms with E-state index in [2.05, 4.69) is 5.32 Å². The van der Waals surface area contributed by atoms with E-state index >= 15 is 0 Å². The molecular formula is C15H16N2O2. The third-order valence-corrected chi connectivity index (χ3v) is 2.83. The lowest BCUT2D eigenvalue weighted by atomic mass is 10.1. The van der Waals surface area contributed by atoms with Crippen LogP contribution in [0.2, 0.25) is 0 Å². The van der Waals surface area contributed by atoms with Crippen LogP contribution in [0.5, 0.6) is 5.75 Å². The average molecular weight is 256 g/mol. The first-order valence-corrected chi connectivity index (χ1v) is 5.96. The fourth-order valence-electron chi connectivity index (χ4n) is 1.79. The van der Waals surface area contributed by atoms with E-state index in [-0.39, 0.29) is 0 Å². The van der Waals surface area contributed by atoms with Gasteiger partial charge in [0, 0.05) is 12.2 Å². The molecule has 0 aliphatic rings. The highest BCUT2D eigenvalue weighted by Gasteiger charge is 2.06. The van der Waals surface area contributed by atoms with Crippen molar-refractivity contribution in [2.45, 2.75) is 6.54 Å². The largest absolute Gasteiger partial charge is 0.497 e. The normalized spacial score (nSPS) is 9.95. The molecule has 2 aromatic carbocycles. The Morgan fingerprint density at radius 1 is 1.16 bits per heavy atom. The van der Waals surface area contributed by atoms with Crippen molar-refractivity contribution in [1.82, 2.24) is 0 Å². The van der Waals surface area contributed by atoms with Crippen LogP contribution in [0.15, 0.2) is 48.5 Å². The van der Waals surface area contributed by atoms with E-state index in [0.717, 1.165) is 17.0 Å². The summed E-state index contributed by atoms with van der Waals surface area (Å²) in [5, 5.41) is 3.21. The van der Waals surface area contributed by atoms with Gasteiger partial charge in [-0.1, -0.05) is 24.3 Å². The molecule has 0 bridgehead atoms. The first-order valence-electron chi connectivity index (χ1n) is 5.96. The molecule has 0 aromatic heterocycles. The molecule has 0 aliphatic carbocycles. The van der Waals surface area contributed by atoms with E-state index in [9.17, 15) is 4.79 Å². The molecule has 0 aliphatic heterocycles. The number of carbonyl (C=O) groups excluding carboxylic acids is 1. The van der Waals surface area contributed by atoms with Crippen molar-refractivity contribution in [2.75, 3.05) is 12.4 Å². The van der Waals surface area contributed by atoms with Crippen molar-refractivity contribution in [2.24, 2.45) is 5.73 Å². The second-order valence-electron chi connectivity index (χ2n) is 4.11. The minimum absolute atomic E-state index is 0.433. The quantitative estimate of drug-likeness (QED) is 0.863. The number of amides is 1. The zero-order chi connectivity index (χ0) is 13.7. The molecule has 4 nitrogen and oxygen atoms in total. The summed E-state index contributed by atoms with van der Waals surface area (Å²) in [6.45, 7) is 0.619. The van der Waals surface area contributed by atoms with E-state index in [0.29, 0.717) is 12.1 Å². The van der Waals surface area contributed by atoms with Crippen LogP contribution in [0, 0.1) is 0 Å². The van der Waals surface area contributed by atoms with Crippen molar-refractivity contribution in [1.29, 1.82) is 0 Å². The lowest BCUT2D eigenvalue weighted by Crippen LogP contribution is -2.14. The Balaban J connectivity index is 2.07. The van der Waals surface area contributed by atoms with Gasteiger partial charge >= 0.3 is 0 Å². The van der Waals surface area contributed by atoms with Crippen molar-refractivity contribution >= 4 is 11.6 Å². The van der Waals surface area contributed by atoms with Crippen LogP contribution >= 0.6 is 0 Å². The molecule has 1 amide bonds. The van der Waals surface area contributed by atoms with E-state index in [1.54, 1.807) is 19.2 Å². The van der Waals surface area contributed by atoms with Crippen LogP contribution in [0.25, 0.3) is 0 Å². The number of para-hydroxylation sites is 1. The summed E-state index contributed by atoms with van der Waals surface area (Å²) in [7, 11) is 1.64. The number of nitrogens with one attached hydrogen (secondary N) is 1. The van der Waals surface area contributed by atoms with Gasteiger partial charge < -0.3 is 15.8 Å². The number of anilines is 1. The molecule has 19 heavy (non-hydrogen) atoms. The van der Waals surface area contributed by atoms with Crippen LogP contribution < -0.4 is 15.8 Å². The SMILES string of the molecule is COc1ccc(CNc2ccccc2C(N)=O)cc1. The first kappa shape index (κ1) is 13.0. The standard InChI is InChI=1S/C15H16N2O2/c1-19-12-8-6-11(7-9-12)10-17-14-5-3-2-4-13(14)15(16)18/h2-9,17H,10H2,1H3,(H2,16,18). The Labute approximate surface area is 112 Å². The second kappa shape index (κ2) is 5.91. The number of methoxy groups -OCH3 is 1. The van der Waals surface area contributed by atoms with Gasteiger partial charge in [-0.25, -0.2) is 0 Å². The highest BCUT2D eigenvalue weighted by molar-refractivity contribution is 5.98. The Bertz CT molecular complexity index is 565. The molecule has 0 saturated carbocycles. The minimum atomic E-state index is -0.433. The highest BCUT2D eigenvalue weighted by atomic mass is 16.5. The fraction of sp³-hybridized carbons (Fsp3) is 0.133. The van der Waals surface area contributed by atoms with Crippen molar-refractivity contribution in [3.8, 4) is 5.75 Å². The molecule has 0 radical (unpaired) electrons. The van der Waals surface area contributed by atoms with Gasteiger partial charge in [-0.3, -0.25) is 4.79 Å². The number of primary amides is 1. The third kappa shape index (κ3) is 3.25. The number of ether oxygens (including phenoxy) is 1. The summed E-state index contributed by atoms with van der Waals surface area (Å²) in [5.74, 6) is 0.388. The third-order valence-electron chi connectivity index (χ3n) is 2.83. The number of hydrogen-bond acceptors (Lipinski definition) is 3. The molecule has 98 valence electrons. The summed E-state index contributed by atoms with van der Waals surface area (Å²) in [6, 6.07) is 14.9. The zero-order valence-corrected chi connectivity index (χ0v) is 10.7. The zero-order valence-electron chi connectivity index (χ0n) is 10.7. The van der Waals surface area contributed by atoms with Crippen molar-refractivity contribution in [3.63, 3.8) is 0 Å². The maximum absolute atomic E-state index is 11.3. The average Bonchev–Trinajstić information content (AvgIpc) is 2.46. The smallest absolute Gasteiger partial charge is 0.250 e. The summed E-state index contributed by atoms with van der Waals surface area (Å²) in [5.41, 5.74) is 7.66. The van der Waals surface area contributed by atoms with Gasteiger partial charge in [-0.2, -0.15) is 0 Å². The Morgan fingerprint density at radius 2 is 1.84 bits per heavy atom. The summed E-state index contributed by atoms with van der Waals surface area (Å²) in [4.78, 5) is 11.3. The molecule has 2 rings (SSSR count). The second-order valence-corrected chi connectivity index (χ2v) is 4.11. The van der Waals surface area contributed by atoms with Gasteiger partial charge in [0.25, 0.3) is 5.91 Å². The van der Waals surface area contributed by atoms with Crippen molar-refractivity contribution < 1.29 is 9.53 Å². The molecule has 0 atom stereocenters. The van der Waals surface area contributed by atoms with E-state index < -0.39 is 5.91 Å². The number of rotatable bonds is 5.